The van der Waals surface area contributed by atoms with Gasteiger partial charge in [0.1, 0.15) is 11.5 Å². The Kier molecular flexibility index (Phi) is 6.91. The topological polar surface area (TPSA) is 27.7 Å². The van der Waals surface area contributed by atoms with Crippen LogP contribution in [-0.2, 0) is 4.74 Å². The molecule has 1 aliphatic carbocycles. The van der Waals surface area contributed by atoms with Gasteiger partial charge in [-0.3, -0.25) is 0 Å². The molecule has 3 aromatic carbocycles. The highest BCUT2D eigenvalue weighted by atomic mass is 16.7. The maximum absolute atomic E-state index is 6.30. The highest BCUT2D eigenvalue weighted by molar-refractivity contribution is 5.88. The summed E-state index contributed by atoms with van der Waals surface area (Å²) in [7, 11) is 0. The Hall–Kier alpha value is -2.52. The van der Waals surface area contributed by atoms with Crippen LogP contribution in [0, 0.1) is 0 Å². The molecule has 0 aromatic heterocycles. The third kappa shape index (κ3) is 5.14. The van der Waals surface area contributed by atoms with Crippen molar-refractivity contribution in [2.24, 2.45) is 0 Å². The second-order valence-electron chi connectivity index (χ2n) is 8.26. The lowest BCUT2D eigenvalue weighted by Crippen LogP contribution is -2.31. The summed E-state index contributed by atoms with van der Waals surface area (Å²) in [6.07, 6.45) is 5.61. The third-order valence-corrected chi connectivity index (χ3v) is 6.10. The van der Waals surface area contributed by atoms with E-state index < -0.39 is 6.29 Å². The van der Waals surface area contributed by atoms with Gasteiger partial charge in [0.2, 0.25) is 6.29 Å². The van der Waals surface area contributed by atoms with E-state index in [2.05, 4.69) is 44.2 Å². The van der Waals surface area contributed by atoms with Gasteiger partial charge < -0.3 is 14.2 Å². The van der Waals surface area contributed by atoms with Crippen molar-refractivity contribution in [3.05, 3.63) is 72.3 Å². The van der Waals surface area contributed by atoms with Crippen molar-refractivity contribution >= 4 is 10.8 Å². The molecule has 0 radical (unpaired) electrons. The quantitative estimate of drug-likeness (QED) is 0.356. The SMILES string of the molecule is CCC(C)c1ccc(OC(COc2cccc3ccccc23)OC2CCCC2)cc1. The lowest BCUT2D eigenvalue weighted by molar-refractivity contribution is -0.133. The number of ether oxygens (including phenoxy) is 3. The normalized spacial score (nSPS) is 16.5. The van der Waals surface area contributed by atoms with Crippen molar-refractivity contribution in [3.8, 4) is 11.5 Å². The summed E-state index contributed by atoms with van der Waals surface area (Å²) in [6.45, 7) is 4.82. The monoisotopic (exact) mass is 404 g/mol. The second-order valence-corrected chi connectivity index (χ2v) is 8.26. The number of benzene rings is 3. The largest absolute Gasteiger partial charge is 0.486 e. The molecule has 0 spiro atoms. The average Bonchev–Trinajstić information content (AvgIpc) is 3.30. The summed E-state index contributed by atoms with van der Waals surface area (Å²) < 4.78 is 18.7. The lowest BCUT2D eigenvalue weighted by Gasteiger charge is -2.24. The smallest absolute Gasteiger partial charge is 0.234 e. The first-order chi connectivity index (χ1) is 14.7. The van der Waals surface area contributed by atoms with Crippen LogP contribution in [0.2, 0.25) is 0 Å². The molecular weight excluding hydrogens is 372 g/mol. The van der Waals surface area contributed by atoms with Crippen LogP contribution in [0.4, 0.5) is 0 Å². The van der Waals surface area contributed by atoms with Crippen molar-refractivity contribution in [2.75, 3.05) is 6.61 Å². The Bertz CT molecular complexity index is 923. The number of hydrogen-bond acceptors (Lipinski definition) is 3. The molecule has 3 heteroatoms. The van der Waals surface area contributed by atoms with Crippen molar-refractivity contribution in [1.29, 1.82) is 0 Å². The minimum absolute atomic E-state index is 0.255. The summed E-state index contributed by atoms with van der Waals surface area (Å²) in [5.74, 6) is 2.25. The molecule has 4 rings (SSSR count). The fourth-order valence-corrected chi connectivity index (χ4v) is 4.08. The Labute approximate surface area is 180 Å². The van der Waals surface area contributed by atoms with Crippen LogP contribution in [0.25, 0.3) is 10.8 Å². The van der Waals surface area contributed by atoms with Crippen LogP contribution >= 0.6 is 0 Å². The van der Waals surface area contributed by atoms with E-state index in [0.717, 1.165) is 36.1 Å². The predicted molar refractivity (Wildman–Crippen MR) is 122 cm³/mol. The van der Waals surface area contributed by atoms with Gasteiger partial charge in [-0.1, -0.05) is 75.2 Å². The van der Waals surface area contributed by atoms with Gasteiger partial charge in [-0.15, -0.1) is 0 Å². The van der Waals surface area contributed by atoms with Gasteiger partial charge in [0.05, 0.1) is 6.10 Å². The maximum Gasteiger partial charge on any atom is 0.234 e. The second kappa shape index (κ2) is 9.99. The molecule has 1 saturated carbocycles. The predicted octanol–water partition coefficient (Wildman–Crippen LogP) is 7.10. The molecule has 0 aliphatic heterocycles. The maximum atomic E-state index is 6.30. The molecule has 2 atom stereocenters. The van der Waals surface area contributed by atoms with Crippen molar-refractivity contribution < 1.29 is 14.2 Å². The molecule has 0 amide bonds. The Morgan fingerprint density at radius 1 is 0.900 bits per heavy atom. The van der Waals surface area contributed by atoms with Gasteiger partial charge in [-0.25, -0.2) is 0 Å². The molecule has 158 valence electrons. The minimum atomic E-state index is -0.429. The zero-order valence-corrected chi connectivity index (χ0v) is 18.1. The van der Waals surface area contributed by atoms with E-state index in [1.807, 2.05) is 36.4 Å². The molecular formula is C27H32O3. The molecule has 2 unspecified atom stereocenters. The van der Waals surface area contributed by atoms with Crippen LogP contribution in [-0.4, -0.2) is 19.0 Å². The highest BCUT2D eigenvalue weighted by Gasteiger charge is 2.22. The van der Waals surface area contributed by atoms with Crippen LogP contribution in [0.5, 0.6) is 11.5 Å². The van der Waals surface area contributed by atoms with Crippen LogP contribution in [0.3, 0.4) is 0 Å². The molecule has 1 fully saturated rings. The molecule has 0 saturated heterocycles. The summed E-state index contributed by atoms with van der Waals surface area (Å²) in [5.41, 5.74) is 1.34. The molecule has 3 aromatic rings. The molecule has 1 aliphatic rings. The highest BCUT2D eigenvalue weighted by Crippen LogP contribution is 2.28. The van der Waals surface area contributed by atoms with E-state index in [1.54, 1.807) is 0 Å². The lowest BCUT2D eigenvalue weighted by atomic mass is 9.99. The standard InChI is InChI=1S/C27H32O3/c1-3-20(2)21-15-17-24(18-16-21)30-27(29-23-11-5-6-12-23)19-28-26-14-8-10-22-9-4-7-13-25(22)26/h4,7-10,13-18,20,23,27H,3,5-6,11-12,19H2,1-2H3. The first-order valence-electron chi connectivity index (χ1n) is 11.3. The molecule has 3 nitrogen and oxygen atoms in total. The zero-order valence-electron chi connectivity index (χ0n) is 18.1. The first kappa shape index (κ1) is 20.7. The van der Waals surface area contributed by atoms with Gasteiger partial charge in [-0.05, 0) is 54.3 Å². The van der Waals surface area contributed by atoms with Crippen molar-refractivity contribution in [3.63, 3.8) is 0 Å². The Balaban J connectivity index is 1.46. The van der Waals surface area contributed by atoms with E-state index in [1.165, 1.54) is 23.8 Å². The summed E-state index contributed by atoms with van der Waals surface area (Å²) in [5, 5.41) is 2.28. The molecule has 0 bridgehead atoms. The first-order valence-corrected chi connectivity index (χ1v) is 11.3. The van der Waals surface area contributed by atoms with E-state index in [4.69, 9.17) is 14.2 Å². The molecule has 0 heterocycles. The van der Waals surface area contributed by atoms with Gasteiger partial charge in [-0.2, -0.15) is 0 Å². The van der Waals surface area contributed by atoms with E-state index in [0.29, 0.717) is 12.5 Å². The van der Waals surface area contributed by atoms with E-state index in [9.17, 15) is 0 Å². The minimum Gasteiger partial charge on any atom is -0.486 e. The zero-order chi connectivity index (χ0) is 20.8. The summed E-state index contributed by atoms with van der Waals surface area (Å²) in [4.78, 5) is 0. The fraction of sp³-hybridized carbons (Fsp3) is 0.407. The van der Waals surface area contributed by atoms with Crippen molar-refractivity contribution in [1.82, 2.24) is 0 Å². The van der Waals surface area contributed by atoms with Crippen molar-refractivity contribution in [2.45, 2.75) is 64.3 Å². The fourth-order valence-electron chi connectivity index (χ4n) is 4.08. The number of hydrogen-bond donors (Lipinski definition) is 0. The van der Waals surface area contributed by atoms with Gasteiger partial charge >= 0.3 is 0 Å². The Morgan fingerprint density at radius 3 is 2.40 bits per heavy atom. The average molecular weight is 405 g/mol. The molecule has 0 N–H and O–H groups in total. The number of fused-ring (bicyclic) bond motifs is 1. The van der Waals surface area contributed by atoms with Gasteiger partial charge in [0, 0.05) is 5.39 Å². The van der Waals surface area contributed by atoms with Crippen LogP contribution < -0.4 is 9.47 Å². The van der Waals surface area contributed by atoms with Gasteiger partial charge in [0.25, 0.3) is 0 Å². The van der Waals surface area contributed by atoms with E-state index in [-0.39, 0.29) is 6.10 Å². The summed E-state index contributed by atoms with van der Waals surface area (Å²) in [6, 6.07) is 22.8. The number of rotatable bonds is 9. The van der Waals surface area contributed by atoms with Crippen LogP contribution in [0.15, 0.2) is 66.7 Å². The van der Waals surface area contributed by atoms with E-state index >= 15 is 0 Å². The Morgan fingerprint density at radius 2 is 1.63 bits per heavy atom. The molecule has 30 heavy (non-hydrogen) atoms. The van der Waals surface area contributed by atoms with Crippen LogP contribution in [0.1, 0.15) is 57.4 Å². The van der Waals surface area contributed by atoms with Gasteiger partial charge in [0.15, 0.2) is 6.61 Å². The summed E-state index contributed by atoms with van der Waals surface area (Å²) >= 11 is 0. The third-order valence-electron chi connectivity index (χ3n) is 6.10.